The lowest BCUT2D eigenvalue weighted by Crippen LogP contribution is -2.30. The van der Waals surface area contributed by atoms with E-state index in [1.807, 2.05) is 6.08 Å². The third kappa shape index (κ3) is 45.8. The van der Waals surface area contributed by atoms with Crippen molar-refractivity contribution in [3.63, 3.8) is 0 Å². The molecule has 1 atom stereocenters. The summed E-state index contributed by atoms with van der Waals surface area (Å²) in [5.41, 5.74) is 0. The van der Waals surface area contributed by atoms with Crippen molar-refractivity contribution in [1.29, 1.82) is 0 Å². The van der Waals surface area contributed by atoms with Gasteiger partial charge in [0.05, 0.1) is 6.42 Å². The second kappa shape index (κ2) is 47.5. The van der Waals surface area contributed by atoms with Gasteiger partial charge in [-0.25, -0.2) is 0 Å². The van der Waals surface area contributed by atoms with Crippen LogP contribution in [0.4, 0.5) is 0 Å². The van der Waals surface area contributed by atoms with Gasteiger partial charge in [0, 0.05) is 12.8 Å². The van der Waals surface area contributed by atoms with E-state index in [2.05, 4.69) is 81.5 Å². The second-order valence-corrected chi connectivity index (χ2v) is 16.0. The molecule has 0 spiro atoms. The van der Waals surface area contributed by atoms with Crippen molar-refractivity contribution in [2.24, 2.45) is 0 Å². The number of carbonyl (C=O) groups is 3. The van der Waals surface area contributed by atoms with Gasteiger partial charge in [-0.1, -0.05) is 196 Å². The number of allylic oxidation sites excluding steroid dienone is 11. The molecule has 0 amide bonds. The minimum atomic E-state index is -0.824. The van der Waals surface area contributed by atoms with Crippen LogP contribution in [0.5, 0.6) is 0 Å². The highest BCUT2D eigenvalue weighted by Gasteiger charge is 2.19. The SMILES string of the molecule is CC/C=C\C/C=C\C/C=C\CC(=O)OCC(COC(=O)CCCCC/C=C\C=C/CCCCCCCCC)OC(=O)CCCCCCC/C=C\CCCCCCCCC. The molecule has 0 aliphatic rings. The molecule has 0 aliphatic heterocycles. The van der Waals surface area contributed by atoms with E-state index in [-0.39, 0.29) is 31.6 Å². The summed E-state index contributed by atoms with van der Waals surface area (Å²) in [6.07, 6.45) is 59.2. The number of unbranched alkanes of at least 4 members (excludes halogenated alkanes) is 22. The average Bonchev–Trinajstić information content (AvgIpc) is 3.23. The molecule has 0 N–H and O–H groups in total. The summed E-state index contributed by atoms with van der Waals surface area (Å²) in [6, 6.07) is 0. The highest BCUT2D eigenvalue weighted by atomic mass is 16.6. The van der Waals surface area contributed by atoms with Crippen LogP contribution in [0.15, 0.2) is 72.9 Å². The van der Waals surface area contributed by atoms with E-state index in [1.165, 1.54) is 103 Å². The first-order valence-electron chi connectivity index (χ1n) is 24.5. The van der Waals surface area contributed by atoms with Gasteiger partial charge in [-0.2, -0.15) is 0 Å². The monoisotopic (exact) mass is 823 g/mol. The highest BCUT2D eigenvalue weighted by molar-refractivity contribution is 5.72. The van der Waals surface area contributed by atoms with E-state index < -0.39 is 12.1 Å². The lowest BCUT2D eigenvalue weighted by molar-refractivity contribution is -0.166. The standard InChI is InChI=1S/C53H90O6/c1-4-7-10-13-16-19-21-23-25-27-29-31-34-37-40-43-46-52(55)58-49-50(48-57-51(54)45-42-39-36-33-18-15-12-9-6-3)59-53(56)47-44-41-38-35-32-30-28-26-24-22-20-17-14-11-8-5-2/h9,12,18,25-29,31,33,39,42,50H,4-8,10-11,13-17,19-24,30,32,34-38,40-41,43-49H2,1-3H3/b12-9-,27-25-,28-26-,31-29-,33-18-,42-39-. The molecule has 0 aromatic carbocycles. The fourth-order valence-electron chi connectivity index (χ4n) is 6.55. The molecule has 59 heavy (non-hydrogen) atoms. The van der Waals surface area contributed by atoms with E-state index in [4.69, 9.17) is 14.2 Å². The zero-order valence-electron chi connectivity index (χ0n) is 38.5. The molecular formula is C53H90O6. The summed E-state index contributed by atoms with van der Waals surface area (Å²) < 4.78 is 16.6. The summed E-state index contributed by atoms with van der Waals surface area (Å²) in [5.74, 6) is -1.08. The Kier molecular flexibility index (Phi) is 45.0. The van der Waals surface area contributed by atoms with Crippen LogP contribution < -0.4 is 0 Å². The molecule has 0 radical (unpaired) electrons. The molecule has 0 heterocycles. The van der Waals surface area contributed by atoms with Gasteiger partial charge in [0.25, 0.3) is 0 Å². The minimum absolute atomic E-state index is 0.120. The lowest BCUT2D eigenvalue weighted by atomic mass is 10.1. The summed E-state index contributed by atoms with van der Waals surface area (Å²) in [7, 11) is 0. The van der Waals surface area contributed by atoms with Crippen LogP contribution in [0.1, 0.15) is 226 Å². The molecule has 0 saturated heterocycles. The maximum absolute atomic E-state index is 12.7. The Bertz CT molecular complexity index is 1130. The van der Waals surface area contributed by atoms with Gasteiger partial charge < -0.3 is 14.2 Å². The van der Waals surface area contributed by atoms with Crippen LogP contribution in [-0.2, 0) is 28.6 Å². The smallest absolute Gasteiger partial charge is 0.309 e. The number of carbonyl (C=O) groups excluding carboxylic acids is 3. The Labute approximate surface area is 363 Å². The van der Waals surface area contributed by atoms with Gasteiger partial charge in [-0.05, 0) is 83.5 Å². The van der Waals surface area contributed by atoms with Gasteiger partial charge in [-0.3, -0.25) is 14.4 Å². The molecule has 0 aromatic rings. The van der Waals surface area contributed by atoms with Crippen molar-refractivity contribution in [1.82, 2.24) is 0 Å². The molecule has 0 aromatic heterocycles. The maximum atomic E-state index is 12.7. The highest BCUT2D eigenvalue weighted by Crippen LogP contribution is 2.13. The Balaban J connectivity index is 4.45. The molecule has 0 bridgehead atoms. The fourth-order valence-corrected chi connectivity index (χ4v) is 6.55. The number of ether oxygens (including phenoxy) is 3. The van der Waals surface area contributed by atoms with Crippen molar-refractivity contribution in [3.8, 4) is 0 Å². The third-order valence-electron chi connectivity index (χ3n) is 10.2. The predicted molar refractivity (Wildman–Crippen MR) is 251 cm³/mol. The van der Waals surface area contributed by atoms with Gasteiger partial charge in [0.2, 0.25) is 0 Å². The van der Waals surface area contributed by atoms with E-state index in [0.717, 1.165) is 83.5 Å². The van der Waals surface area contributed by atoms with E-state index in [9.17, 15) is 14.4 Å². The fraction of sp³-hybridized carbons (Fsp3) is 0.717. The molecule has 1 unspecified atom stereocenters. The lowest BCUT2D eigenvalue weighted by Gasteiger charge is -2.18. The van der Waals surface area contributed by atoms with Crippen molar-refractivity contribution >= 4 is 17.9 Å². The Morgan fingerprint density at radius 1 is 0.390 bits per heavy atom. The van der Waals surface area contributed by atoms with Crippen molar-refractivity contribution < 1.29 is 28.6 Å². The average molecular weight is 823 g/mol. The van der Waals surface area contributed by atoms with Gasteiger partial charge in [-0.15, -0.1) is 0 Å². The second-order valence-electron chi connectivity index (χ2n) is 16.0. The summed E-state index contributed by atoms with van der Waals surface area (Å²) in [5, 5.41) is 0. The van der Waals surface area contributed by atoms with Crippen molar-refractivity contribution in [2.45, 2.75) is 232 Å². The quantitative estimate of drug-likeness (QED) is 0.0200. The Hall–Kier alpha value is -3.15. The summed E-state index contributed by atoms with van der Waals surface area (Å²) in [4.78, 5) is 37.7. The van der Waals surface area contributed by atoms with Crippen LogP contribution in [-0.4, -0.2) is 37.2 Å². The van der Waals surface area contributed by atoms with Crippen molar-refractivity contribution in [2.75, 3.05) is 13.2 Å². The Morgan fingerprint density at radius 2 is 0.780 bits per heavy atom. The molecule has 6 heteroatoms. The first-order valence-corrected chi connectivity index (χ1v) is 24.5. The largest absolute Gasteiger partial charge is 0.462 e. The van der Waals surface area contributed by atoms with Crippen LogP contribution >= 0.6 is 0 Å². The van der Waals surface area contributed by atoms with E-state index in [1.54, 1.807) is 6.08 Å². The molecule has 0 rings (SSSR count). The van der Waals surface area contributed by atoms with Crippen LogP contribution in [0.2, 0.25) is 0 Å². The number of hydrogen-bond donors (Lipinski definition) is 0. The van der Waals surface area contributed by atoms with E-state index in [0.29, 0.717) is 12.8 Å². The van der Waals surface area contributed by atoms with Gasteiger partial charge in [0.1, 0.15) is 13.2 Å². The Morgan fingerprint density at radius 3 is 1.29 bits per heavy atom. The molecule has 0 fully saturated rings. The topological polar surface area (TPSA) is 78.9 Å². The van der Waals surface area contributed by atoms with Crippen LogP contribution in [0.3, 0.4) is 0 Å². The number of hydrogen-bond acceptors (Lipinski definition) is 6. The first-order chi connectivity index (χ1) is 29.0. The van der Waals surface area contributed by atoms with E-state index >= 15 is 0 Å². The van der Waals surface area contributed by atoms with Gasteiger partial charge in [0.15, 0.2) is 6.10 Å². The first kappa shape index (κ1) is 55.9. The zero-order valence-corrected chi connectivity index (χ0v) is 38.5. The molecule has 0 aliphatic carbocycles. The molecule has 6 nitrogen and oxygen atoms in total. The number of esters is 3. The van der Waals surface area contributed by atoms with Crippen molar-refractivity contribution in [3.05, 3.63) is 72.9 Å². The molecule has 338 valence electrons. The zero-order chi connectivity index (χ0) is 43.0. The summed E-state index contributed by atoms with van der Waals surface area (Å²) >= 11 is 0. The predicted octanol–water partition coefficient (Wildman–Crippen LogP) is 15.9. The van der Waals surface area contributed by atoms with Crippen LogP contribution in [0, 0.1) is 0 Å². The number of rotatable bonds is 43. The normalized spacial score (nSPS) is 12.7. The summed E-state index contributed by atoms with van der Waals surface area (Å²) in [6.45, 7) is 6.38. The maximum Gasteiger partial charge on any atom is 0.309 e. The molecular weight excluding hydrogens is 733 g/mol. The van der Waals surface area contributed by atoms with Gasteiger partial charge >= 0.3 is 17.9 Å². The van der Waals surface area contributed by atoms with Crippen LogP contribution in [0.25, 0.3) is 0 Å². The minimum Gasteiger partial charge on any atom is -0.462 e. The molecule has 0 saturated carbocycles. The third-order valence-corrected chi connectivity index (χ3v) is 10.2.